The molecule has 5 heteroatoms. The minimum atomic E-state index is -0.459. The van der Waals surface area contributed by atoms with Gasteiger partial charge in [-0.05, 0) is 43.0 Å². The molecule has 0 radical (unpaired) electrons. The van der Waals surface area contributed by atoms with E-state index < -0.39 is 5.95 Å². The average Bonchev–Trinajstić information content (AvgIpc) is 3.12. The predicted octanol–water partition coefficient (Wildman–Crippen LogP) is 3.54. The molecule has 0 unspecified atom stereocenters. The summed E-state index contributed by atoms with van der Waals surface area (Å²) in [7, 11) is 0. The number of nitrogens with one attached hydrogen (secondary N) is 1. The topological polar surface area (TPSA) is 37.8 Å². The van der Waals surface area contributed by atoms with Crippen molar-refractivity contribution in [3.8, 4) is 11.1 Å². The van der Waals surface area contributed by atoms with Crippen molar-refractivity contribution in [3.63, 3.8) is 0 Å². The van der Waals surface area contributed by atoms with Gasteiger partial charge in [0.05, 0.1) is 0 Å². The fourth-order valence-corrected chi connectivity index (χ4v) is 3.71. The molecule has 4 rings (SSSR count). The maximum atomic E-state index is 14.0. The Morgan fingerprint density at radius 2 is 2.10 bits per heavy atom. The lowest BCUT2D eigenvalue weighted by molar-refractivity contribution is 0.502. The van der Waals surface area contributed by atoms with Gasteiger partial charge in [0.25, 0.3) is 0 Å². The third-order valence-corrected chi connectivity index (χ3v) is 4.85. The monoisotopic (exact) mass is 303 g/mol. The van der Waals surface area contributed by atoms with Crippen molar-refractivity contribution in [3.05, 3.63) is 47.3 Å². The van der Waals surface area contributed by atoms with Crippen LogP contribution in [0.25, 0.3) is 11.1 Å². The summed E-state index contributed by atoms with van der Waals surface area (Å²) in [5.74, 6) is -0.0187. The minimum Gasteiger partial charge on any atom is -0.311 e. The zero-order valence-corrected chi connectivity index (χ0v) is 12.1. The first-order chi connectivity index (χ1) is 10.2. The van der Waals surface area contributed by atoms with E-state index in [0.717, 1.165) is 12.0 Å². The molecular formula is C16H15ClFN3. The van der Waals surface area contributed by atoms with Gasteiger partial charge in [-0.1, -0.05) is 11.6 Å². The molecule has 0 spiro atoms. The van der Waals surface area contributed by atoms with E-state index in [-0.39, 0.29) is 0 Å². The molecule has 2 aromatic rings. The normalized spacial score (nSPS) is 27.2. The van der Waals surface area contributed by atoms with Crippen LogP contribution in [0.3, 0.4) is 0 Å². The molecule has 4 heterocycles. The van der Waals surface area contributed by atoms with Gasteiger partial charge in [0.15, 0.2) is 0 Å². The summed E-state index contributed by atoms with van der Waals surface area (Å²) < 4.78 is 14.0. The van der Waals surface area contributed by atoms with Crippen molar-refractivity contribution >= 4 is 11.6 Å². The molecule has 0 saturated carbocycles. The Bertz CT molecular complexity index is 674. The summed E-state index contributed by atoms with van der Waals surface area (Å²) in [6.45, 7) is 0. The third-order valence-electron chi connectivity index (χ3n) is 4.63. The molecule has 0 aliphatic carbocycles. The highest BCUT2D eigenvalue weighted by Crippen LogP contribution is 2.40. The maximum Gasteiger partial charge on any atom is 0.220 e. The van der Waals surface area contributed by atoms with E-state index in [1.807, 2.05) is 6.07 Å². The van der Waals surface area contributed by atoms with Gasteiger partial charge in [-0.25, -0.2) is 9.97 Å². The first-order valence-corrected chi connectivity index (χ1v) is 7.62. The largest absolute Gasteiger partial charge is 0.311 e. The van der Waals surface area contributed by atoms with Gasteiger partial charge in [-0.15, -0.1) is 0 Å². The van der Waals surface area contributed by atoms with Crippen LogP contribution in [0, 0.1) is 5.95 Å². The van der Waals surface area contributed by atoms with Crippen molar-refractivity contribution in [2.24, 2.45) is 0 Å². The highest BCUT2D eigenvalue weighted by molar-refractivity contribution is 6.29. The summed E-state index contributed by atoms with van der Waals surface area (Å²) in [4.78, 5) is 7.97. The molecule has 2 saturated heterocycles. The fraction of sp³-hybridized carbons (Fsp3) is 0.375. The Balaban J connectivity index is 1.71. The van der Waals surface area contributed by atoms with Crippen molar-refractivity contribution in [1.82, 2.24) is 15.3 Å². The Hall–Kier alpha value is -1.52. The molecule has 1 N–H and O–H groups in total. The van der Waals surface area contributed by atoms with Gasteiger partial charge >= 0.3 is 0 Å². The third kappa shape index (κ3) is 2.32. The minimum absolute atomic E-state index is 0.403. The van der Waals surface area contributed by atoms with Gasteiger partial charge in [0.1, 0.15) is 5.15 Å². The zero-order valence-electron chi connectivity index (χ0n) is 11.4. The lowest BCUT2D eigenvalue weighted by atomic mass is 9.84. The van der Waals surface area contributed by atoms with Crippen LogP contribution in [0.15, 0.2) is 30.6 Å². The van der Waals surface area contributed by atoms with Crippen LogP contribution in [0.2, 0.25) is 5.15 Å². The Kier molecular flexibility index (Phi) is 3.16. The SMILES string of the molecule is Fc1ncc([C@H]2C[C@H]3CC[C@H]2N3)cc1-c1ccc(Cl)nc1. The van der Waals surface area contributed by atoms with Crippen LogP contribution in [-0.4, -0.2) is 22.1 Å². The average molecular weight is 304 g/mol. The Morgan fingerprint density at radius 3 is 2.76 bits per heavy atom. The van der Waals surface area contributed by atoms with Crippen molar-refractivity contribution in [2.45, 2.75) is 37.3 Å². The first-order valence-electron chi connectivity index (χ1n) is 7.24. The van der Waals surface area contributed by atoms with E-state index in [1.54, 1.807) is 24.5 Å². The number of rotatable bonds is 2. The van der Waals surface area contributed by atoms with Crippen LogP contribution >= 0.6 is 11.6 Å². The first kappa shape index (κ1) is 13.2. The number of nitrogens with zero attached hydrogens (tertiary/aromatic N) is 2. The number of hydrogen-bond donors (Lipinski definition) is 1. The highest BCUT2D eigenvalue weighted by atomic mass is 35.5. The maximum absolute atomic E-state index is 14.0. The molecule has 2 aliphatic heterocycles. The molecule has 2 bridgehead atoms. The standard InChI is InChI=1S/C16H15ClFN3/c17-15-4-1-9(7-19-15)13-5-10(8-20-16(13)18)12-6-11-2-3-14(12)21-11/h1,4-5,7-8,11-12,14,21H,2-3,6H2/t11-,12-,14-/m1/s1. The lowest BCUT2D eigenvalue weighted by Crippen LogP contribution is -2.21. The summed E-state index contributed by atoms with van der Waals surface area (Å²) in [6.07, 6.45) is 6.84. The Morgan fingerprint density at radius 1 is 1.19 bits per heavy atom. The summed E-state index contributed by atoms with van der Waals surface area (Å²) in [5.41, 5.74) is 2.32. The van der Waals surface area contributed by atoms with E-state index in [4.69, 9.17) is 11.6 Å². The number of aromatic nitrogens is 2. The van der Waals surface area contributed by atoms with Crippen molar-refractivity contribution in [1.29, 1.82) is 0 Å². The van der Waals surface area contributed by atoms with Crippen molar-refractivity contribution in [2.75, 3.05) is 0 Å². The molecular weight excluding hydrogens is 289 g/mol. The van der Waals surface area contributed by atoms with Crippen LogP contribution in [0.5, 0.6) is 0 Å². The van der Waals surface area contributed by atoms with Crippen LogP contribution in [-0.2, 0) is 0 Å². The summed E-state index contributed by atoms with van der Waals surface area (Å²) >= 11 is 5.79. The van der Waals surface area contributed by atoms with Gasteiger partial charge in [0.2, 0.25) is 5.95 Å². The van der Waals surface area contributed by atoms with E-state index in [2.05, 4.69) is 15.3 Å². The zero-order chi connectivity index (χ0) is 14.4. The predicted molar refractivity (Wildman–Crippen MR) is 79.7 cm³/mol. The summed E-state index contributed by atoms with van der Waals surface area (Å²) in [5, 5.41) is 4.01. The van der Waals surface area contributed by atoms with Crippen LogP contribution in [0.4, 0.5) is 4.39 Å². The molecule has 21 heavy (non-hydrogen) atoms. The van der Waals surface area contributed by atoms with Crippen LogP contribution in [0.1, 0.15) is 30.7 Å². The van der Waals surface area contributed by atoms with Gasteiger partial charge in [-0.2, -0.15) is 4.39 Å². The molecule has 0 aromatic carbocycles. The number of fused-ring (bicyclic) bond motifs is 2. The van der Waals surface area contributed by atoms with E-state index in [9.17, 15) is 4.39 Å². The van der Waals surface area contributed by atoms with E-state index >= 15 is 0 Å². The second kappa shape index (κ2) is 5.04. The highest BCUT2D eigenvalue weighted by Gasteiger charge is 2.39. The molecule has 3 nitrogen and oxygen atoms in total. The van der Waals surface area contributed by atoms with Gasteiger partial charge < -0.3 is 5.32 Å². The number of pyridine rings is 2. The molecule has 2 aliphatic rings. The van der Waals surface area contributed by atoms with Crippen molar-refractivity contribution < 1.29 is 4.39 Å². The number of hydrogen-bond acceptors (Lipinski definition) is 3. The molecule has 3 atom stereocenters. The van der Waals surface area contributed by atoms with Gasteiger partial charge in [0, 0.05) is 41.5 Å². The van der Waals surface area contributed by atoms with Gasteiger partial charge in [-0.3, -0.25) is 0 Å². The lowest BCUT2D eigenvalue weighted by Gasteiger charge is -2.20. The van der Waals surface area contributed by atoms with E-state index in [0.29, 0.717) is 34.3 Å². The molecule has 2 aromatic heterocycles. The van der Waals surface area contributed by atoms with Crippen LogP contribution < -0.4 is 5.32 Å². The molecule has 108 valence electrons. The fourth-order valence-electron chi connectivity index (χ4n) is 3.60. The number of halogens is 2. The Labute approximate surface area is 127 Å². The smallest absolute Gasteiger partial charge is 0.220 e. The summed E-state index contributed by atoms with van der Waals surface area (Å²) in [6, 6.07) is 6.49. The van der Waals surface area contributed by atoms with E-state index in [1.165, 1.54) is 12.8 Å². The second-order valence-corrected chi connectivity index (χ2v) is 6.25. The molecule has 0 amide bonds. The second-order valence-electron chi connectivity index (χ2n) is 5.87. The molecule has 2 fully saturated rings. The quantitative estimate of drug-likeness (QED) is 0.862.